The molecule has 0 N–H and O–H groups in total. The summed E-state index contributed by atoms with van der Waals surface area (Å²) in [5, 5.41) is 8.99. The Hall–Kier alpha value is -1.04. The lowest BCUT2D eigenvalue weighted by molar-refractivity contribution is -0.174. The maximum Gasteiger partial charge on any atom is 0.312 e. The molecule has 3 unspecified atom stereocenters. The van der Waals surface area contributed by atoms with Crippen LogP contribution in [0.25, 0.3) is 0 Å². The van der Waals surface area contributed by atoms with E-state index in [4.69, 9.17) is 10.00 Å². The Morgan fingerprint density at radius 2 is 1.50 bits per heavy atom. The van der Waals surface area contributed by atoms with Crippen LogP contribution in [0.1, 0.15) is 93.4 Å². The molecule has 0 spiro atoms. The summed E-state index contributed by atoms with van der Waals surface area (Å²) >= 11 is 0. The normalized spacial score (nSPS) is 31.6. The van der Waals surface area contributed by atoms with Crippen LogP contribution in [0, 0.1) is 45.3 Å². The van der Waals surface area contributed by atoms with Gasteiger partial charge in [0, 0.05) is 6.42 Å². The molecule has 0 aromatic carbocycles. The predicted molar refractivity (Wildman–Crippen MR) is 105 cm³/mol. The van der Waals surface area contributed by atoms with Gasteiger partial charge in [-0.05, 0) is 74.0 Å². The molecular weight excluding hydrogens is 322 g/mol. The first kappa shape index (κ1) is 21.3. The molecule has 2 fully saturated rings. The summed E-state index contributed by atoms with van der Waals surface area (Å²) in [6, 6.07) is 2.34. The highest BCUT2D eigenvalue weighted by molar-refractivity contribution is 5.77. The quantitative estimate of drug-likeness (QED) is 0.566. The smallest absolute Gasteiger partial charge is 0.312 e. The molecule has 148 valence electrons. The van der Waals surface area contributed by atoms with Crippen molar-refractivity contribution in [3.8, 4) is 6.07 Å². The molecule has 2 bridgehead atoms. The highest BCUT2D eigenvalue weighted by Crippen LogP contribution is 2.49. The first-order valence-corrected chi connectivity index (χ1v) is 10.4. The molecule has 3 atom stereocenters. The Kier molecular flexibility index (Phi) is 6.16. The molecule has 0 aliphatic heterocycles. The second-order valence-corrected chi connectivity index (χ2v) is 11.5. The van der Waals surface area contributed by atoms with Gasteiger partial charge in [0.05, 0.1) is 11.5 Å². The zero-order chi connectivity index (χ0) is 19.8. The average Bonchev–Trinajstić information content (AvgIpc) is 2.43. The van der Waals surface area contributed by atoms with E-state index in [1.165, 1.54) is 6.42 Å². The first-order valence-electron chi connectivity index (χ1n) is 10.4. The van der Waals surface area contributed by atoms with E-state index in [1.54, 1.807) is 0 Å². The number of rotatable bonds is 4. The van der Waals surface area contributed by atoms with Gasteiger partial charge in [-0.15, -0.1) is 0 Å². The summed E-state index contributed by atoms with van der Waals surface area (Å²) in [5.41, 5.74) is -0.546. The molecule has 2 aliphatic rings. The number of hydrogen-bond donors (Lipinski definition) is 0. The molecule has 3 nitrogen and oxygen atoms in total. The molecule has 0 saturated heterocycles. The number of nitriles is 1. The van der Waals surface area contributed by atoms with E-state index in [1.807, 2.05) is 0 Å². The molecule has 2 rings (SSSR count). The zero-order valence-electron chi connectivity index (χ0n) is 18.0. The molecule has 3 heteroatoms. The van der Waals surface area contributed by atoms with Crippen molar-refractivity contribution in [2.75, 3.05) is 0 Å². The fourth-order valence-corrected chi connectivity index (χ4v) is 5.31. The van der Waals surface area contributed by atoms with Crippen LogP contribution in [0.15, 0.2) is 0 Å². The fraction of sp³-hybridized carbons (Fsp3) is 0.913. The molecule has 2 saturated carbocycles. The van der Waals surface area contributed by atoms with Crippen molar-refractivity contribution in [3.63, 3.8) is 0 Å². The second kappa shape index (κ2) is 7.53. The largest absolute Gasteiger partial charge is 0.462 e. The van der Waals surface area contributed by atoms with E-state index in [0.29, 0.717) is 24.2 Å². The highest BCUT2D eigenvalue weighted by atomic mass is 16.5. The van der Waals surface area contributed by atoms with Gasteiger partial charge in [-0.1, -0.05) is 41.5 Å². The summed E-state index contributed by atoms with van der Waals surface area (Å²) in [4.78, 5) is 13.3. The van der Waals surface area contributed by atoms with Gasteiger partial charge in [0.2, 0.25) is 0 Å². The molecule has 0 radical (unpaired) electrons. The van der Waals surface area contributed by atoms with Crippen molar-refractivity contribution >= 4 is 5.97 Å². The number of nitrogens with zero attached hydrogens (tertiary/aromatic N) is 1. The van der Waals surface area contributed by atoms with Crippen LogP contribution in [0.5, 0.6) is 0 Å². The number of ether oxygens (including phenoxy) is 1. The molecule has 0 aromatic rings. The number of esters is 1. The Labute approximate surface area is 160 Å². The van der Waals surface area contributed by atoms with Crippen molar-refractivity contribution < 1.29 is 9.53 Å². The Bertz CT molecular complexity index is 534. The van der Waals surface area contributed by atoms with Gasteiger partial charge >= 0.3 is 5.97 Å². The van der Waals surface area contributed by atoms with E-state index < -0.39 is 5.41 Å². The van der Waals surface area contributed by atoms with E-state index in [0.717, 1.165) is 32.1 Å². The lowest BCUT2D eigenvalue weighted by atomic mass is 9.61. The lowest BCUT2D eigenvalue weighted by Crippen LogP contribution is -2.46. The maximum absolute atomic E-state index is 13.3. The molecule has 0 aromatic heterocycles. The van der Waals surface area contributed by atoms with Crippen molar-refractivity contribution in [3.05, 3.63) is 0 Å². The summed E-state index contributed by atoms with van der Waals surface area (Å²) in [6.45, 7) is 15.2. The third-order valence-electron chi connectivity index (χ3n) is 6.84. The monoisotopic (exact) mass is 361 g/mol. The number of fused-ring (bicyclic) bond motifs is 2. The average molecular weight is 362 g/mol. The molecule has 26 heavy (non-hydrogen) atoms. The number of carbonyl (C=O) groups excluding carboxylic acids is 1. The van der Waals surface area contributed by atoms with Gasteiger partial charge in [0.25, 0.3) is 0 Å². The van der Waals surface area contributed by atoms with Crippen LogP contribution in [0.2, 0.25) is 0 Å². The maximum atomic E-state index is 13.3. The number of hydrogen-bond acceptors (Lipinski definition) is 3. The van der Waals surface area contributed by atoms with Crippen LogP contribution in [-0.4, -0.2) is 12.1 Å². The minimum absolute atomic E-state index is 0.0153. The van der Waals surface area contributed by atoms with Gasteiger partial charge in [-0.3, -0.25) is 4.79 Å². The van der Waals surface area contributed by atoms with Crippen LogP contribution in [0.4, 0.5) is 0 Å². The Morgan fingerprint density at radius 1 is 0.962 bits per heavy atom. The van der Waals surface area contributed by atoms with Crippen molar-refractivity contribution in [2.24, 2.45) is 34.0 Å². The molecule has 0 heterocycles. The third-order valence-corrected chi connectivity index (χ3v) is 6.84. The van der Waals surface area contributed by atoms with Crippen molar-refractivity contribution in [1.82, 2.24) is 0 Å². The van der Waals surface area contributed by atoms with E-state index in [-0.39, 0.29) is 22.9 Å². The topological polar surface area (TPSA) is 50.1 Å². The van der Waals surface area contributed by atoms with E-state index in [2.05, 4.69) is 54.5 Å². The third kappa shape index (κ3) is 5.02. The predicted octanol–water partition coefficient (Wildman–Crippen LogP) is 6.13. The van der Waals surface area contributed by atoms with Gasteiger partial charge in [-0.2, -0.15) is 5.26 Å². The number of carbonyl (C=O) groups is 1. The van der Waals surface area contributed by atoms with Crippen LogP contribution < -0.4 is 0 Å². The minimum Gasteiger partial charge on any atom is -0.462 e. The summed E-state index contributed by atoms with van der Waals surface area (Å²) in [5.74, 6) is 1.80. The summed E-state index contributed by atoms with van der Waals surface area (Å²) in [7, 11) is 0. The van der Waals surface area contributed by atoms with E-state index in [9.17, 15) is 4.79 Å². The molecule has 2 aliphatic carbocycles. The minimum atomic E-state index is -0.485. The standard InChI is InChI=1S/C23H39NO2/c1-21(2,3)15-23(7,22(4,5)6)20(25)26-19-13-17-10-16(8-9-24)11-18(12-17)14-19/h16-19H,8,10-15H2,1-7H3. The lowest BCUT2D eigenvalue weighted by Gasteiger charge is -2.46. The van der Waals surface area contributed by atoms with Crippen LogP contribution >= 0.6 is 0 Å². The Balaban J connectivity index is 2.05. The fourth-order valence-electron chi connectivity index (χ4n) is 5.31. The van der Waals surface area contributed by atoms with Crippen LogP contribution in [0.3, 0.4) is 0 Å². The SMILES string of the molecule is CC(C)(C)CC(C)(C(=O)OC1CC2CC(CC#N)CC(C2)C1)C(C)(C)C. The molecular formula is C23H39NO2. The highest BCUT2D eigenvalue weighted by Gasteiger charge is 2.49. The van der Waals surface area contributed by atoms with Gasteiger partial charge < -0.3 is 4.74 Å². The summed E-state index contributed by atoms with van der Waals surface area (Å²) in [6.07, 6.45) is 7.08. The van der Waals surface area contributed by atoms with Crippen LogP contribution in [-0.2, 0) is 9.53 Å². The Morgan fingerprint density at radius 3 is 1.92 bits per heavy atom. The molecule has 0 amide bonds. The van der Waals surface area contributed by atoms with Crippen molar-refractivity contribution in [2.45, 2.75) is 99.5 Å². The van der Waals surface area contributed by atoms with Crippen molar-refractivity contribution in [1.29, 1.82) is 5.26 Å². The van der Waals surface area contributed by atoms with Gasteiger partial charge in [0.1, 0.15) is 6.10 Å². The summed E-state index contributed by atoms with van der Waals surface area (Å²) < 4.78 is 6.16. The second-order valence-electron chi connectivity index (χ2n) is 11.5. The van der Waals surface area contributed by atoms with E-state index >= 15 is 0 Å². The first-order chi connectivity index (χ1) is 11.8. The van der Waals surface area contributed by atoms with Gasteiger partial charge in [0.15, 0.2) is 0 Å². The van der Waals surface area contributed by atoms with Gasteiger partial charge in [-0.25, -0.2) is 0 Å². The zero-order valence-corrected chi connectivity index (χ0v) is 18.0.